The third-order valence-electron chi connectivity index (χ3n) is 5.14. The molecule has 0 spiro atoms. The Bertz CT molecular complexity index is 844. The van der Waals surface area contributed by atoms with Crippen molar-refractivity contribution in [2.24, 2.45) is 5.92 Å². The molecule has 0 amide bonds. The molecule has 1 heterocycles. The Morgan fingerprint density at radius 1 is 1.42 bits per heavy atom. The van der Waals surface area contributed by atoms with Crippen LogP contribution in [-0.4, -0.2) is 48.5 Å². The van der Waals surface area contributed by atoms with E-state index in [9.17, 15) is 31.1 Å². The van der Waals surface area contributed by atoms with Crippen molar-refractivity contribution < 1.29 is 31.1 Å². The molecular formula is C16H16F4N2O3S. The number of nitriles is 1. The second-order valence-electron chi connectivity index (χ2n) is 6.61. The summed E-state index contributed by atoms with van der Waals surface area (Å²) in [6.45, 7) is 0. The molecule has 0 bridgehead atoms. The lowest BCUT2D eigenvalue weighted by Crippen LogP contribution is -2.53. The second kappa shape index (κ2) is 6.39. The largest absolute Gasteiger partial charge is 0.386 e. The maximum atomic E-state index is 13.9. The van der Waals surface area contributed by atoms with Crippen LogP contribution in [0.5, 0.6) is 0 Å². The van der Waals surface area contributed by atoms with Crippen LogP contribution in [0.25, 0.3) is 0 Å². The summed E-state index contributed by atoms with van der Waals surface area (Å²) in [4.78, 5) is 0.838. The van der Waals surface area contributed by atoms with Crippen LogP contribution < -0.4 is 0 Å². The number of hydrogen-bond donors (Lipinski definition) is 1. The smallest absolute Gasteiger partial charge is 0.274 e. The lowest BCUT2D eigenvalue weighted by molar-refractivity contribution is -0.159. The van der Waals surface area contributed by atoms with Crippen LogP contribution in [0.3, 0.4) is 0 Å². The molecule has 10 heteroatoms. The van der Waals surface area contributed by atoms with Crippen molar-refractivity contribution in [2.75, 3.05) is 6.01 Å². The molecule has 5 nitrogen and oxygen atoms in total. The molecule has 1 fully saturated rings. The molecule has 0 aromatic heterocycles. The molecule has 2 aliphatic carbocycles. The van der Waals surface area contributed by atoms with Crippen LogP contribution in [0.2, 0.25) is 0 Å². The van der Waals surface area contributed by atoms with Crippen LogP contribution in [0.15, 0.2) is 34.7 Å². The van der Waals surface area contributed by atoms with E-state index in [1.165, 1.54) is 11.0 Å². The fraction of sp³-hybridized carbons (Fsp3) is 0.562. The summed E-state index contributed by atoms with van der Waals surface area (Å²) < 4.78 is 78.6. The fourth-order valence-corrected chi connectivity index (χ4v) is 4.93. The van der Waals surface area contributed by atoms with Gasteiger partial charge in [0.25, 0.3) is 5.92 Å². The van der Waals surface area contributed by atoms with Gasteiger partial charge in [-0.05, 0) is 12.5 Å². The number of sulfone groups is 1. The van der Waals surface area contributed by atoms with Gasteiger partial charge in [0.2, 0.25) is 9.84 Å². The summed E-state index contributed by atoms with van der Waals surface area (Å²) in [7, 11) is -4.47. The van der Waals surface area contributed by atoms with Crippen molar-refractivity contribution in [2.45, 2.75) is 43.4 Å². The first-order chi connectivity index (χ1) is 12.1. The zero-order valence-electron chi connectivity index (χ0n) is 13.4. The van der Waals surface area contributed by atoms with Crippen LogP contribution >= 0.6 is 0 Å². The van der Waals surface area contributed by atoms with E-state index < -0.39 is 63.0 Å². The van der Waals surface area contributed by atoms with Gasteiger partial charge in [0.15, 0.2) is 6.01 Å². The summed E-state index contributed by atoms with van der Waals surface area (Å²) in [6, 6.07) is -1.52. The summed E-state index contributed by atoms with van der Waals surface area (Å²) in [5.74, 6) is -5.68. The highest BCUT2D eigenvalue weighted by atomic mass is 32.2. The van der Waals surface area contributed by atoms with E-state index in [1.807, 2.05) is 0 Å². The van der Waals surface area contributed by atoms with Crippen molar-refractivity contribution in [3.8, 4) is 6.07 Å². The number of rotatable bonds is 3. The molecule has 4 atom stereocenters. The maximum Gasteiger partial charge on any atom is 0.274 e. The molecule has 3 unspecified atom stereocenters. The minimum absolute atomic E-state index is 0.0754. The van der Waals surface area contributed by atoms with Crippen molar-refractivity contribution in [1.82, 2.24) is 4.90 Å². The number of alkyl halides is 3. The highest BCUT2D eigenvalue weighted by Gasteiger charge is 2.57. The highest BCUT2D eigenvalue weighted by molar-refractivity contribution is 7.95. The van der Waals surface area contributed by atoms with Crippen molar-refractivity contribution in [3.63, 3.8) is 0 Å². The van der Waals surface area contributed by atoms with Gasteiger partial charge in [0, 0.05) is 31.0 Å². The fourth-order valence-electron chi connectivity index (χ4n) is 3.82. The highest BCUT2D eigenvalue weighted by Crippen LogP contribution is 2.48. The first kappa shape index (κ1) is 18.9. The van der Waals surface area contributed by atoms with E-state index >= 15 is 0 Å². The van der Waals surface area contributed by atoms with Gasteiger partial charge >= 0.3 is 0 Å². The molecule has 0 saturated heterocycles. The topological polar surface area (TPSA) is 81.4 Å². The van der Waals surface area contributed by atoms with Crippen LogP contribution in [0, 0.1) is 17.2 Å². The summed E-state index contributed by atoms with van der Waals surface area (Å²) in [5.41, 5.74) is -0.147. The number of allylic oxidation sites excluding steroid dienone is 2. The van der Waals surface area contributed by atoms with E-state index in [1.54, 1.807) is 6.07 Å². The average molecular weight is 392 g/mol. The number of fused-ring (bicyclic) bond motifs is 1. The van der Waals surface area contributed by atoms with Gasteiger partial charge in [-0.3, -0.25) is 0 Å². The third-order valence-corrected chi connectivity index (χ3v) is 6.52. The molecule has 0 aromatic carbocycles. The minimum atomic E-state index is -4.47. The van der Waals surface area contributed by atoms with Crippen LogP contribution in [-0.2, 0) is 9.84 Å². The minimum Gasteiger partial charge on any atom is -0.386 e. The van der Waals surface area contributed by atoms with Gasteiger partial charge in [-0.15, -0.1) is 0 Å². The first-order valence-corrected chi connectivity index (χ1v) is 9.58. The van der Waals surface area contributed by atoms with Gasteiger partial charge in [-0.1, -0.05) is 6.08 Å². The SMILES string of the molecule is N#CC1=C(F)C=CC(N2C=C(S(=O)(=O)CF)C3C2CCC(F)(F)[C@H]3O)C1. The van der Waals surface area contributed by atoms with E-state index in [4.69, 9.17) is 5.26 Å². The lowest BCUT2D eigenvalue weighted by Gasteiger charge is -2.42. The zero-order valence-corrected chi connectivity index (χ0v) is 14.3. The zero-order chi connectivity index (χ0) is 19.3. The predicted octanol–water partition coefficient (Wildman–Crippen LogP) is 2.34. The van der Waals surface area contributed by atoms with Gasteiger partial charge in [-0.25, -0.2) is 26.0 Å². The Kier molecular flexibility index (Phi) is 4.65. The molecule has 26 heavy (non-hydrogen) atoms. The molecule has 0 aromatic rings. The Morgan fingerprint density at radius 3 is 2.73 bits per heavy atom. The maximum absolute atomic E-state index is 13.9. The van der Waals surface area contributed by atoms with Crippen LogP contribution in [0.4, 0.5) is 17.6 Å². The average Bonchev–Trinajstić information content (AvgIpc) is 2.99. The number of nitrogens with zero attached hydrogens (tertiary/aromatic N) is 2. The van der Waals surface area contributed by atoms with Gasteiger partial charge in [-0.2, -0.15) is 5.26 Å². The van der Waals surface area contributed by atoms with Crippen molar-refractivity contribution in [1.29, 1.82) is 5.26 Å². The number of aliphatic hydroxyl groups excluding tert-OH is 1. The van der Waals surface area contributed by atoms with E-state index in [0.717, 1.165) is 12.3 Å². The number of halogens is 4. The van der Waals surface area contributed by atoms with Crippen molar-refractivity contribution >= 4 is 9.84 Å². The molecule has 3 rings (SSSR count). The van der Waals surface area contributed by atoms with E-state index in [2.05, 4.69) is 0 Å². The number of hydrogen-bond acceptors (Lipinski definition) is 5. The Balaban J connectivity index is 2.01. The molecular weight excluding hydrogens is 376 g/mol. The molecule has 142 valence electrons. The molecule has 1 aliphatic heterocycles. The molecule has 1 saturated carbocycles. The van der Waals surface area contributed by atoms with Gasteiger partial charge in [0.05, 0.1) is 22.6 Å². The summed E-state index contributed by atoms with van der Waals surface area (Å²) in [5, 5.41) is 19.0. The second-order valence-corrected chi connectivity index (χ2v) is 8.53. The number of aliphatic hydroxyl groups is 1. The summed E-state index contributed by atoms with van der Waals surface area (Å²) >= 11 is 0. The standard InChI is InChI=1S/C16H16F4N2O3S/c17-8-26(24,25)13-7-22(10-1-2-11(18)9(5-10)6-21)12-3-4-16(19,20)15(23)14(12)13/h1-2,7,10,12,14-15,23H,3-5,8H2/t10?,12?,14?,15-/m0/s1. The monoisotopic (exact) mass is 392 g/mol. The third kappa shape index (κ3) is 2.93. The van der Waals surface area contributed by atoms with Gasteiger partial charge in [0.1, 0.15) is 11.9 Å². The van der Waals surface area contributed by atoms with Crippen LogP contribution in [0.1, 0.15) is 19.3 Å². The van der Waals surface area contributed by atoms with E-state index in [0.29, 0.717) is 0 Å². The Hall–Kier alpha value is -1.86. The molecule has 1 N–H and O–H groups in total. The lowest BCUT2D eigenvalue weighted by atomic mass is 9.80. The predicted molar refractivity (Wildman–Crippen MR) is 83.6 cm³/mol. The molecule has 0 radical (unpaired) electrons. The normalized spacial score (nSPS) is 33.7. The molecule has 3 aliphatic rings. The summed E-state index contributed by atoms with van der Waals surface area (Å²) in [6.07, 6.45) is 0.382. The quantitative estimate of drug-likeness (QED) is 0.746. The first-order valence-electron chi connectivity index (χ1n) is 7.93. The van der Waals surface area contributed by atoms with E-state index in [-0.39, 0.29) is 18.4 Å². The Morgan fingerprint density at radius 2 is 2.12 bits per heavy atom. The Labute approximate surface area is 147 Å². The van der Waals surface area contributed by atoms with Gasteiger partial charge < -0.3 is 10.0 Å². The van der Waals surface area contributed by atoms with Crippen molar-refractivity contribution in [3.05, 3.63) is 34.7 Å².